The highest BCUT2D eigenvalue weighted by Gasteiger charge is 2.20. The number of rotatable bonds is 6. The Morgan fingerprint density at radius 2 is 2.05 bits per heavy atom. The van der Waals surface area contributed by atoms with Crippen molar-refractivity contribution in [2.45, 2.75) is 36.8 Å². The highest BCUT2D eigenvalue weighted by molar-refractivity contribution is 7.99. The zero-order valence-electron chi connectivity index (χ0n) is 11.6. The average molecular weight is 276 g/mol. The molecule has 0 saturated heterocycles. The van der Waals surface area contributed by atoms with Crippen LogP contribution in [0.25, 0.3) is 0 Å². The van der Waals surface area contributed by atoms with E-state index in [1.54, 1.807) is 24.2 Å². The lowest BCUT2D eigenvalue weighted by atomic mass is 10.0. The Morgan fingerprint density at radius 3 is 2.58 bits per heavy atom. The van der Waals surface area contributed by atoms with Crippen molar-refractivity contribution < 1.29 is 4.42 Å². The molecule has 19 heavy (non-hydrogen) atoms. The lowest BCUT2D eigenvalue weighted by molar-refractivity contribution is 0.451. The van der Waals surface area contributed by atoms with Crippen LogP contribution in [0, 0.1) is 0 Å². The summed E-state index contributed by atoms with van der Waals surface area (Å²) in [5, 5.41) is 4.44. The van der Waals surface area contributed by atoms with E-state index >= 15 is 0 Å². The largest absolute Gasteiger partial charge is 0.440 e. The van der Waals surface area contributed by atoms with Crippen LogP contribution in [0.1, 0.15) is 31.0 Å². The van der Waals surface area contributed by atoms with Gasteiger partial charge < -0.3 is 9.73 Å². The van der Waals surface area contributed by atoms with Gasteiger partial charge >= 0.3 is 0 Å². The molecule has 1 aromatic carbocycles. The van der Waals surface area contributed by atoms with Crippen LogP contribution in [-0.2, 0) is 6.42 Å². The van der Waals surface area contributed by atoms with E-state index < -0.39 is 0 Å². The van der Waals surface area contributed by atoms with Crippen LogP contribution in [0.2, 0.25) is 0 Å². The number of aromatic nitrogens is 1. The number of hydrogen-bond acceptors (Lipinski definition) is 4. The summed E-state index contributed by atoms with van der Waals surface area (Å²) in [5.74, 6) is 0. The number of nitrogens with one attached hydrogen (secondary N) is 1. The molecule has 2 atom stereocenters. The Bertz CT molecular complexity index is 481. The number of oxazole rings is 1. The Morgan fingerprint density at radius 1 is 1.32 bits per heavy atom. The highest BCUT2D eigenvalue weighted by Crippen LogP contribution is 2.30. The van der Waals surface area contributed by atoms with E-state index in [1.807, 2.05) is 7.05 Å². The van der Waals surface area contributed by atoms with Crippen LogP contribution in [-0.4, -0.2) is 17.3 Å². The summed E-state index contributed by atoms with van der Waals surface area (Å²) in [4.78, 5) is 4.16. The summed E-state index contributed by atoms with van der Waals surface area (Å²) in [6.07, 6.45) is 4.37. The van der Waals surface area contributed by atoms with Crippen molar-refractivity contribution in [3.05, 3.63) is 47.9 Å². The third-order valence-corrected chi connectivity index (χ3v) is 4.27. The molecule has 0 aliphatic rings. The quantitative estimate of drug-likeness (QED) is 0.817. The van der Waals surface area contributed by atoms with Gasteiger partial charge in [-0.05, 0) is 24.6 Å². The SMILES string of the molecule is CCc1ccc(C(NC)C(C)Sc2ncco2)cc1. The second-order valence-electron chi connectivity index (χ2n) is 4.48. The summed E-state index contributed by atoms with van der Waals surface area (Å²) in [5.41, 5.74) is 2.66. The second kappa shape index (κ2) is 6.78. The van der Waals surface area contributed by atoms with Crippen LogP contribution in [0.15, 0.2) is 46.4 Å². The van der Waals surface area contributed by atoms with E-state index in [1.165, 1.54) is 11.1 Å². The molecule has 0 aliphatic heterocycles. The molecule has 1 aromatic heterocycles. The maximum absolute atomic E-state index is 5.30. The topological polar surface area (TPSA) is 38.1 Å². The number of hydrogen-bond donors (Lipinski definition) is 1. The van der Waals surface area contributed by atoms with Crippen molar-refractivity contribution in [3.8, 4) is 0 Å². The summed E-state index contributed by atoms with van der Waals surface area (Å²) >= 11 is 1.65. The Hall–Kier alpha value is -1.26. The van der Waals surface area contributed by atoms with Gasteiger partial charge in [-0.25, -0.2) is 4.98 Å². The number of aryl methyl sites for hydroxylation is 1. The van der Waals surface area contributed by atoms with Crippen LogP contribution in [0.4, 0.5) is 0 Å². The molecule has 4 heteroatoms. The average Bonchev–Trinajstić information content (AvgIpc) is 2.93. The third-order valence-electron chi connectivity index (χ3n) is 3.22. The minimum Gasteiger partial charge on any atom is -0.440 e. The normalized spacial score (nSPS) is 14.3. The van der Waals surface area contributed by atoms with E-state index in [2.05, 4.69) is 48.4 Å². The van der Waals surface area contributed by atoms with Crippen LogP contribution in [0.5, 0.6) is 0 Å². The maximum atomic E-state index is 5.30. The van der Waals surface area contributed by atoms with Crippen LogP contribution in [0.3, 0.4) is 0 Å². The number of thioether (sulfide) groups is 1. The minimum atomic E-state index is 0.280. The molecule has 0 aliphatic carbocycles. The van der Waals surface area contributed by atoms with Crippen molar-refractivity contribution in [2.24, 2.45) is 0 Å². The van der Waals surface area contributed by atoms with Gasteiger partial charge in [0.2, 0.25) is 0 Å². The monoisotopic (exact) mass is 276 g/mol. The molecule has 2 rings (SSSR count). The molecule has 0 saturated carbocycles. The zero-order chi connectivity index (χ0) is 13.7. The van der Waals surface area contributed by atoms with Crippen molar-refractivity contribution in [2.75, 3.05) is 7.05 Å². The van der Waals surface area contributed by atoms with Gasteiger partial charge in [0, 0.05) is 11.3 Å². The van der Waals surface area contributed by atoms with Gasteiger partial charge in [0.05, 0.1) is 6.20 Å². The van der Waals surface area contributed by atoms with Crippen molar-refractivity contribution in [1.82, 2.24) is 10.3 Å². The van der Waals surface area contributed by atoms with Crippen LogP contribution >= 0.6 is 11.8 Å². The molecule has 1 N–H and O–H groups in total. The lowest BCUT2D eigenvalue weighted by Gasteiger charge is -2.22. The highest BCUT2D eigenvalue weighted by atomic mass is 32.2. The van der Waals surface area contributed by atoms with Gasteiger partial charge in [-0.3, -0.25) is 0 Å². The number of benzene rings is 1. The van der Waals surface area contributed by atoms with Gasteiger partial charge in [0.25, 0.3) is 5.22 Å². The fourth-order valence-electron chi connectivity index (χ4n) is 2.13. The number of nitrogens with zero attached hydrogens (tertiary/aromatic N) is 1. The first-order valence-corrected chi connectivity index (χ1v) is 7.44. The van der Waals surface area contributed by atoms with E-state index in [0.717, 1.165) is 11.6 Å². The van der Waals surface area contributed by atoms with E-state index in [9.17, 15) is 0 Å². The zero-order valence-corrected chi connectivity index (χ0v) is 12.4. The molecule has 0 spiro atoms. The smallest absolute Gasteiger partial charge is 0.255 e. The Balaban J connectivity index is 2.09. The van der Waals surface area contributed by atoms with Gasteiger partial charge in [-0.15, -0.1) is 0 Å². The fraction of sp³-hybridized carbons (Fsp3) is 0.400. The molecular weight excluding hydrogens is 256 g/mol. The Kier molecular flexibility index (Phi) is 5.05. The summed E-state index contributed by atoms with van der Waals surface area (Å²) in [7, 11) is 1.99. The van der Waals surface area contributed by atoms with E-state index in [-0.39, 0.29) is 6.04 Å². The molecule has 0 bridgehead atoms. The lowest BCUT2D eigenvalue weighted by Crippen LogP contribution is -2.25. The van der Waals surface area contributed by atoms with E-state index in [0.29, 0.717) is 5.25 Å². The molecule has 0 fully saturated rings. The van der Waals surface area contributed by atoms with Gasteiger partial charge in [0.1, 0.15) is 6.26 Å². The minimum absolute atomic E-state index is 0.280. The predicted molar refractivity (Wildman–Crippen MR) is 79.4 cm³/mol. The summed E-state index contributed by atoms with van der Waals surface area (Å²) in [6, 6.07) is 9.08. The molecule has 2 unspecified atom stereocenters. The summed E-state index contributed by atoms with van der Waals surface area (Å²) in [6.45, 7) is 4.36. The van der Waals surface area contributed by atoms with Gasteiger partial charge in [-0.1, -0.05) is 49.9 Å². The molecule has 3 nitrogen and oxygen atoms in total. The second-order valence-corrected chi connectivity index (χ2v) is 5.81. The standard InChI is InChI=1S/C15H20N2OS/c1-4-12-5-7-13(8-6-12)14(16-3)11(2)19-15-17-9-10-18-15/h5-11,14,16H,4H2,1-3H3. The van der Waals surface area contributed by atoms with E-state index in [4.69, 9.17) is 4.42 Å². The molecule has 102 valence electrons. The first kappa shape index (κ1) is 14.2. The molecule has 0 amide bonds. The van der Waals surface area contributed by atoms with Crippen molar-refractivity contribution in [3.63, 3.8) is 0 Å². The maximum Gasteiger partial charge on any atom is 0.255 e. The molecule has 1 heterocycles. The molecular formula is C15H20N2OS. The van der Waals surface area contributed by atoms with Crippen LogP contribution < -0.4 is 5.32 Å². The van der Waals surface area contributed by atoms with Gasteiger partial charge in [-0.2, -0.15) is 0 Å². The first-order valence-electron chi connectivity index (χ1n) is 6.56. The van der Waals surface area contributed by atoms with Crippen molar-refractivity contribution >= 4 is 11.8 Å². The first-order chi connectivity index (χ1) is 9.24. The predicted octanol–water partition coefficient (Wildman–Crippen LogP) is 3.68. The molecule has 0 radical (unpaired) electrons. The molecule has 2 aromatic rings. The van der Waals surface area contributed by atoms with Gasteiger partial charge in [0.15, 0.2) is 0 Å². The van der Waals surface area contributed by atoms with Crippen molar-refractivity contribution in [1.29, 1.82) is 0 Å². The third kappa shape index (κ3) is 3.61. The Labute approximate surface area is 118 Å². The summed E-state index contributed by atoms with van der Waals surface area (Å²) < 4.78 is 5.30. The fourth-order valence-corrected chi connectivity index (χ4v) is 3.11.